The Bertz CT molecular complexity index is 915. The molecule has 4 rings (SSSR count). The van der Waals surface area contributed by atoms with Crippen LogP contribution in [0.1, 0.15) is 16.2 Å². The van der Waals surface area contributed by atoms with Crippen LogP contribution in [-0.4, -0.2) is 17.6 Å². The summed E-state index contributed by atoms with van der Waals surface area (Å²) in [5.74, 6) is 1.74. The molecule has 0 spiro atoms. The average molecular weight is 402 g/mol. The first kappa shape index (κ1) is 17.7. The van der Waals surface area contributed by atoms with E-state index in [4.69, 9.17) is 25.5 Å². The maximum Gasteiger partial charge on any atom is 0.247 e. The van der Waals surface area contributed by atoms with Crippen molar-refractivity contribution in [3.63, 3.8) is 0 Å². The number of nitrogens with zero attached hydrogens (tertiary/aromatic N) is 1. The van der Waals surface area contributed by atoms with Gasteiger partial charge in [-0.2, -0.15) is 0 Å². The van der Waals surface area contributed by atoms with E-state index >= 15 is 0 Å². The van der Waals surface area contributed by atoms with Crippen LogP contribution in [-0.2, 0) is 17.9 Å². The third-order valence-corrected chi connectivity index (χ3v) is 5.18. The average Bonchev–Trinajstić information content (AvgIpc) is 3.41. The zero-order chi connectivity index (χ0) is 18.6. The van der Waals surface area contributed by atoms with E-state index in [2.05, 4.69) is 0 Å². The summed E-state index contributed by atoms with van der Waals surface area (Å²) in [6, 6.07) is 11.2. The van der Waals surface area contributed by atoms with Crippen molar-refractivity contribution in [3.8, 4) is 11.5 Å². The van der Waals surface area contributed by atoms with Gasteiger partial charge >= 0.3 is 0 Å². The van der Waals surface area contributed by atoms with Crippen LogP contribution in [0.4, 0.5) is 0 Å². The van der Waals surface area contributed by atoms with E-state index in [-0.39, 0.29) is 12.7 Å². The highest BCUT2D eigenvalue weighted by molar-refractivity contribution is 7.09. The zero-order valence-electron chi connectivity index (χ0n) is 14.3. The van der Waals surface area contributed by atoms with E-state index < -0.39 is 0 Å². The summed E-state index contributed by atoms with van der Waals surface area (Å²) in [6.07, 6.45) is 4.86. The SMILES string of the molecule is O=C(/C=C/c1cc(Cl)c2c(c1)OCO2)N(Cc1ccco1)Cc1cccs1. The van der Waals surface area contributed by atoms with E-state index in [9.17, 15) is 4.79 Å². The van der Waals surface area contributed by atoms with Crippen molar-refractivity contribution in [1.82, 2.24) is 4.90 Å². The monoisotopic (exact) mass is 401 g/mol. The third kappa shape index (κ3) is 4.18. The third-order valence-electron chi connectivity index (χ3n) is 4.03. The van der Waals surface area contributed by atoms with Gasteiger partial charge < -0.3 is 18.8 Å². The van der Waals surface area contributed by atoms with Gasteiger partial charge in [-0.15, -0.1) is 11.3 Å². The van der Waals surface area contributed by atoms with Crippen molar-refractivity contribution in [2.75, 3.05) is 6.79 Å². The predicted molar refractivity (Wildman–Crippen MR) is 104 cm³/mol. The molecule has 1 aliphatic rings. The van der Waals surface area contributed by atoms with Crippen molar-refractivity contribution < 1.29 is 18.7 Å². The standard InChI is InChI=1S/C20H16ClNO4S/c21-17-9-14(10-18-20(17)26-13-25-18)5-6-19(23)22(11-15-3-1-7-24-15)12-16-4-2-8-27-16/h1-10H,11-13H2/b6-5+. The molecular weight excluding hydrogens is 386 g/mol. The quantitative estimate of drug-likeness (QED) is 0.547. The summed E-state index contributed by atoms with van der Waals surface area (Å²) in [7, 11) is 0. The number of furan rings is 1. The second kappa shape index (κ2) is 7.90. The number of halogens is 1. The van der Waals surface area contributed by atoms with E-state index in [1.54, 1.807) is 40.7 Å². The molecule has 3 heterocycles. The summed E-state index contributed by atoms with van der Waals surface area (Å²) in [5.41, 5.74) is 0.770. The maximum atomic E-state index is 12.8. The second-order valence-electron chi connectivity index (χ2n) is 5.92. The minimum atomic E-state index is -0.117. The Morgan fingerprint density at radius 3 is 2.93 bits per heavy atom. The summed E-state index contributed by atoms with van der Waals surface area (Å²) in [4.78, 5) is 15.6. The fourth-order valence-corrected chi connectivity index (χ4v) is 3.74. The predicted octanol–water partition coefficient (Wildman–Crippen LogP) is 4.97. The minimum absolute atomic E-state index is 0.117. The first-order valence-corrected chi connectivity index (χ1v) is 9.56. The van der Waals surface area contributed by atoms with Crippen LogP contribution in [0.5, 0.6) is 11.5 Å². The largest absolute Gasteiger partial charge is 0.467 e. The van der Waals surface area contributed by atoms with Crippen molar-refractivity contribution in [2.24, 2.45) is 0 Å². The lowest BCUT2D eigenvalue weighted by atomic mass is 10.2. The molecule has 0 bridgehead atoms. The summed E-state index contributed by atoms with van der Waals surface area (Å²) >= 11 is 7.81. The molecule has 0 saturated heterocycles. The number of carbonyl (C=O) groups is 1. The second-order valence-corrected chi connectivity index (χ2v) is 7.36. The number of thiophene rings is 1. The van der Waals surface area contributed by atoms with Crippen LogP contribution in [0.2, 0.25) is 5.02 Å². The Kier molecular flexibility index (Phi) is 5.18. The van der Waals surface area contributed by atoms with Crippen LogP contribution >= 0.6 is 22.9 Å². The minimum Gasteiger partial charge on any atom is -0.467 e. The smallest absolute Gasteiger partial charge is 0.247 e. The number of fused-ring (bicyclic) bond motifs is 1. The normalized spacial score (nSPS) is 12.6. The Labute approximate surface area is 165 Å². The van der Waals surface area contributed by atoms with Gasteiger partial charge in [0.15, 0.2) is 11.5 Å². The van der Waals surface area contributed by atoms with Gasteiger partial charge in [-0.3, -0.25) is 4.79 Å². The molecule has 2 aromatic heterocycles. The summed E-state index contributed by atoms with van der Waals surface area (Å²) in [6.45, 7) is 1.07. The number of amides is 1. The molecule has 1 aliphatic heterocycles. The molecule has 1 amide bonds. The Hall–Kier alpha value is -2.70. The lowest BCUT2D eigenvalue weighted by Gasteiger charge is -2.19. The molecule has 5 nitrogen and oxygen atoms in total. The molecule has 0 N–H and O–H groups in total. The molecule has 0 fully saturated rings. The lowest BCUT2D eigenvalue weighted by molar-refractivity contribution is -0.127. The van der Waals surface area contributed by atoms with Gasteiger partial charge in [-0.05, 0) is 47.4 Å². The molecule has 0 unspecified atom stereocenters. The molecule has 0 radical (unpaired) electrons. The Morgan fingerprint density at radius 2 is 2.15 bits per heavy atom. The number of carbonyl (C=O) groups excluding carboxylic acids is 1. The highest BCUT2D eigenvalue weighted by Crippen LogP contribution is 2.40. The first-order chi connectivity index (χ1) is 13.2. The zero-order valence-corrected chi connectivity index (χ0v) is 15.8. The van der Waals surface area contributed by atoms with E-state index in [0.29, 0.717) is 29.6 Å². The van der Waals surface area contributed by atoms with E-state index in [1.165, 1.54) is 6.08 Å². The van der Waals surface area contributed by atoms with Crippen molar-refractivity contribution >= 4 is 34.9 Å². The highest BCUT2D eigenvalue weighted by atomic mass is 35.5. The van der Waals surface area contributed by atoms with Gasteiger partial charge in [0.25, 0.3) is 0 Å². The van der Waals surface area contributed by atoms with Crippen LogP contribution in [0.25, 0.3) is 6.08 Å². The molecule has 0 aliphatic carbocycles. The van der Waals surface area contributed by atoms with Gasteiger partial charge in [-0.1, -0.05) is 17.7 Å². The first-order valence-electron chi connectivity index (χ1n) is 8.30. The fourth-order valence-electron chi connectivity index (χ4n) is 2.75. The van der Waals surface area contributed by atoms with Crippen LogP contribution in [0, 0.1) is 0 Å². The highest BCUT2D eigenvalue weighted by Gasteiger charge is 2.18. The molecule has 0 saturated carbocycles. The van der Waals surface area contributed by atoms with Gasteiger partial charge in [0, 0.05) is 11.0 Å². The summed E-state index contributed by atoms with van der Waals surface area (Å²) < 4.78 is 16.1. The maximum absolute atomic E-state index is 12.8. The number of hydrogen-bond acceptors (Lipinski definition) is 5. The number of rotatable bonds is 6. The van der Waals surface area contributed by atoms with Crippen LogP contribution in [0.15, 0.2) is 58.5 Å². The topological polar surface area (TPSA) is 51.9 Å². The number of benzene rings is 1. The van der Waals surface area contributed by atoms with Gasteiger partial charge in [-0.25, -0.2) is 0 Å². The lowest BCUT2D eigenvalue weighted by Crippen LogP contribution is -2.27. The van der Waals surface area contributed by atoms with Crippen molar-refractivity contribution in [2.45, 2.75) is 13.1 Å². The van der Waals surface area contributed by atoms with E-state index in [1.807, 2.05) is 29.6 Å². The van der Waals surface area contributed by atoms with Gasteiger partial charge in [0.05, 0.1) is 24.4 Å². The molecule has 0 atom stereocenters. The van der Waals surface area contributed by atoms with Crippen LogP contribution in [0.3, 0.4) is 0 Å². The number of ether oxygens (including phenoxy) is 2. The number of hydrogen-bond donors (Lipinski definition) is 0. The van der Waals surface area contributed by atoms with E-state index in [0.717, 1.165) is 16.2 Å². The van der Waals surface area contributed by atoms with Gasteiger partial charge in [0.1, 0.15) is 5.76 Å². The van der Waals surface area contributed by atoms with Crippen molar-refractivity contribution in [3.05, 3.63) is 75.3 Å². The summed E-state index contributed by atoms with van der Waals surface area (Å²) in [5, 5.41) is 2.46. The molecule has 27 heavy (non-hydrogen) atoms. The Balaban J connectivity index is 1.52. The van der Waals surface area contributed by atoms with Gasteiger partial charge in [0.2, 0.25) is 12.7 Å². The fraction of sp³-hybridized carbons (Fsp3) is 0.150. The molecule has 1 aromatic carbocycles. The van der Waals surface area contributed by atoms with Crippen molar-refractivity contribution in [1.29, 1.82) is 0 Å². The molecule has 138 valence electrons. The molecule has 7 heteroatoms. The van der Waals surface area contributed by atoms with Crippen LogP contribution < -0.4 is 9.47 Å². The molecule has 3 aromatic rings. The molecular formula is C20H16ClNO4S. The Morgan fingerprint density at radius 1 is 1.22 bits per heavy atom.